The fourth-order valence-corrected chi connectivity index (χ4v) is 2.61. The fourth-order valence-electron chi connectivity index (χ4n) is 2.61. The average Bonchev–Trinajstić information content (AvgIpc) is 2.50. The Balaban J connectivity index is 2.11. The van der Waals surface area contributed by atoms with Crippen LogP contribution in [0.2, 0.25) is 0 Å². The van der Waals surface area contributed by atoms with E-state index in [9.17, 15) is 4.79 Å². The number of rotatable bonds is 5. The topological polar surface area (TPSA) is 64.8 Å². The van der Waals surface area contributed by atoms with E-state index in [1.807, 2.05) is 24.0 Å². The first-order valence-corrected chi connectivity index (χ1v) is 7.32. The van der Waals surface area contributed by atoms with Gasteiger partial charge in [0.1, 0.15) is 0 Å². The van der Waals surface area contributed by atoms with Crippen molar-refractivity contribution in [2.24, 2.45) is 5.73 Å². The van der Waals surface area contributed by atoms with Gasteiger partial charge in [0.15, 0.2) is 11.5 Å². The van der Waals surface area contributed by atoms with Gasteiger partial charge < -0.3 is 20.1 Å². The Labute approximate surface area is 126 Å². The number of carbonyl (C=O) groups excluding carboxylic acids is 1. The maximum absolute atomic E-state index is 12.2. The van der Waals surface area contributed by atoms with Crippen LogP contribution in [0.4, 0.5) is 0 Å². The van der Waals surface area contributed by atoms with Gasteiger partial charge >= 0.3 is 0 Å². The van der Waals surface area contributed by atoms with Crippen LogP contribution in [-0.4, -0.2) is 37.6 Å². The SMILES string of the molecule is COc1cc2c(cc1OC)CN(C(=O)CCC(C)N)CC2. The molecule has 0 aliphatic carbocycles. The minimum absolute atomic E-state index is 0.0652. The van der Waals surface area contributed by atoms with E-state index in [-0.39, 0.29) is 11.9 Å². The van der Waals surface area contributed by atoms with Gasteiger partial charge in [0.25, 0.3) is 0 Å². The zero-order valence-electron chi connectivity index (χ0n) is 13.0. The molecule has 5 heteroatoms. The van der Waals surface area contributed by atoms with E-state index in [1.54, 1.807) is 14.2 Å². The lowest BCUT2D eigenvalue weighted by atomic mass is 9.98. The molecule has 0 fully saturated rings. The van der Waals surface area contributed by atoms with E-state index in [1.165, 1.54) is 5.56 Å². The molecule has 5 nitrogen and oxygen atoms in total. The highest BCUT2D eigenvalue weighted by Gasteiger charge is 2.22. The Morgan fingerprint density at radius 1 is 1.29 bits per heavy atom. The molecule has 2 N–H and O–H groups in total. The molecule has 1 aliphatic heterocycles. The first kappa shape index (κ1) is 15.6. The summed E-state index contributed by atoms with van der Waals surface area (Å²) in [5.74, 6) is 1.63. The number of amides is 1. The lowest BCUT2D eigenvalue weighted by Crippen LogP contribution is -2.36. The van der Waals surface area contributed by atoms with Crippen LogP contribution in [-0.2, 0) is 17.8 Å². The molecule has 0 aromatic heterocycles. The van der Waals surface area contributed by atoms with E-state index in [4.69, 9.17) is 15.2 Å². The molecular weight excluding hydrogens is 268 g/mol. The maximum Gasteiger partial charge on any atom is 0.222 e. The molecule has 0 bridgehead atoms. The van der Waals surface area contributed by atoms with Crippen LogP contribution in [0.15, 0.2) is 12.1 Å². The van der Waals surface area contributed by atoms with Gasteiger partial charge in [-0.05, 0) is 43.0 Å². The lowest BCUT2D eigenvalue weighted by molar-refractivity contribution is -0.132. The molecule has 2 rings (SSSR count). The van der Waals surface area contributed by atoms with Crippen LogP contribution in [0.25, 0.3) is 0 Å². The van der Waals surface area contributed by atoms with Gasteiger partial charge in [0.05, 0.1) is 14.2 Å². The minimum Gasteiger partial charge on any atom is -0.493 e. The second-order valence-corrected chi connectivity index (χ2v) is 5.56. The smallest absolute Gasteiger partial charge is 0.222 e. The number of benzene rings is 1. The van der Waals surface area contributed by atoms with Crippen molar-refractivity contribution in [2.75, 3.05) is 20.8 Å². The maximum atomic E-state index is 12.2. The third-order valence-corrected chi connectivity index (χ3v) is 3.88. The molecule has 0 radical (unpaired) electrons. The monoisotopic (exact) mass is 292 g/mol. The van der Waals surface area contributed by atoms with E-state index in [2.05, 4.69) is 0 Å². The molecule has 1 aliphatic rings. The summed E-state index contributed by atoms with van der Waals surface area (Å²) in [5.41, 5.74) is 8.07. The third-order valence-electron chi connectivity index (χ3n) is 3.88. The standard InChI is InChI=1S/C16H24N2O3/c1-11(17)4-5-16(19)18-7-6-12-8-14(20-2)15(21-3)9-13(12)10-18/h8-9,11H,4-7,10,17H2,1-3H3. The van der Waals surface area contributed by atoms with Crippen LogP contribution in [0.1, 0.15) is 30.9 Å². The van der Waals surface area contributed by atoms with Crippen molar-refractivity contribution >= 4 is 5.91 Å². The number of hydrogen-bond acceptors (Lipinski definition) is 4. The van der Waals surface area contributed by atoms with Crippen molar-refractivity contribution in [2.45, 2.75) is 38.8 Å². The molecule has 1 heterocycles. The van der Waals surface area contributed by atoms with Gasteiger partial charge in [-0.3, -0.25) is 4.79 Å². The molecule has 0 saturated carbocycles. The predicted octanol–water partition coefficient (Wildman–Crippen LogP) is 1.72. The second-order valence-electron chi connectivity index (χ2n) is 5.56. The molecule has 0 saturated heterocycles. The van der Waals surface area contributed by atoms with Crippen LogP contribution < -0.4 is 15.2 Å². The van der Waals surface area contributed by atoms with Crippen molar-refractivity contribution in [3.63, 3.8) is 0 Å². The molecule has 0 spiro atoms. The third kappa shape index (κ3) is 3.67. The number of carbonyl (C=O) groups is 1. The fraction of sp³-hybridized carbons (Fsp3) is 0.562. The first-order valence-electron chi connectivity index (χ1n) is 7.32. The second kappa shape index (κ2) is 6.80. The predicted molar refractivity (Wildman–Crippen MR) is 81.6 cm³/mol. The Morgan fingerprint density at radius 3 is 2.48 bits per heavy atom. The summed E-state index contributed by atoms with van der Waals surface area (Å²) < 4.78 is 10.7. The van der Waals surface area contributed by atoms with Gasteiger partial charge in [-0.1, -0.05) is 0 Å². The van der Waals surface area contributed by atoms with Crippen LogP contribution in [0.3, 0.4) is 0 Å². The van der Waals surface area contributed by atoms with Crippen molar-refractivity contribution in [3.05, 3.63) is 23.3 Å². The molecule has 1 aromatic rings. The summed E-state index contributed by atoms with van der Waals surface area (Å²) in [6.45, 7) is 3.31. The summed E-state index contributed by atoms with van der Waals surface area (Å²) in [7, 11) is 3.26. The average molecular weight is 292 g/mol. The highest BCUT2D eigenvalue weighted by atomic mass is 16.5. The number of ether oxygens (including phenoxy) is 2. The zero-order chi connectivity index (χ0) is 15.4. The number of methoxy groups -OCH3 is 2. The van der Waals surface area contributed by atoms with E-state index in [0.717, 1.165) is 30.7 Å². The molecule has 1 atom stereocenters. The van der Waals surface area contributed by atoms with Gasteiger partial charge in [-0.15, -0.1) is 0 Å². The van der Waals surface area contributed by atoms with E-state index in [0.29, 0.717) is 18.7 Å². The van der Waals surface area contributed by atoms with Gasteiger partial charge in [0, 0.05) is 25.6 Å². The van der Waals surface area contributed by atoms with Crippen LogP contribution in [0, 0.1) is 0 Å². The number of hydrogen-bond donors (Lipinski definition) is 1. The highest BCUT2D eigenvalue weighted by Crippen LogP contribution is 2.33. The Morgan fingerprint density at radius 2 is 1.90 bits per heavy atom. The largest absolute Gasteiger partial charge is 0.493 e. The Hall–Kier alpha value is -1.75. The van der Waals surface area contributed by atoms with Gasteiger partial charge in [-0.25, -0.2) is 0 Å². The molecular formula is C16H24N2O3. The molecule has 1 unspecified atom stereocenters. The minimum atomic E-state index is 0.0652. The van der Waals surface area contributed by atoms with E-state index < -0.39 is 0 Å². The summed E-state index contributed by atoms with van der Waals surface area (Å²) in [6.07, 6.45) is 2.09. The zero-order valence-corrected chi connectivity index (χ0v) is 13.0. The summed E-state index contributed by atoms with van der Waals surface area (Å²) in [5, 5.41) is 0. The molecule has 21 heavy (non-hydrogen) atoms. The number of nitrogens with zero attached hydrogens (tertiary/aromatic N) is 1. The van der Waals surface area contributed by atoms with E-state index >= 15 is 0 Å². The lowest BCUT2D eigenvalue weighted by Gasteiger charge is -2.30. The van der Waals surface area contributed by atoms with Crippen molar-refractivity contribution < 1.29 is 14.3 Å². The molecule has 1 amide bonds. The molecule has 1 aromatic carbocycles. The Bertz CT molecular complexity index is 514. The van der Waals surface area contributed by atoms with Gasteiger partial charge in [0.2, 0.25) is 5.91 Å². The quantitative estimate of drug-likeness (QED) is 0.897. The van der Waals surface area contributed by atoms with Crippen LogP contribution in [0.5, 0.6) is 11.5 Å². The van der Waals surface area contributed by atoms with Crippen molar-refractivity contribution in [1.29, 1.82) is 0 Å². The summed E-state index contributed by atoms with van der Waals surface area (Å²) in [4.78, 5) is 14.1. The summed E-state index contributed by atoms with van der Waals surface area (Å²) in [6, 6.07) is 4.05. The van der Waals surface area contributed by atoms with Crippen molar-refractivity contribution in [1.82, 2.24) is 4.90 Å². The van der Waals surface area contributed by atoms with Crippen molar-refractivity contribution in [3.8, 4) is 11.5 Å². The molecule has 116 valence electrons. The summed E-state index contributed by atoms with van der Waals surface area (Å²) >= 11 is 0. The first-order chi connectivity index (χ1) is 10.0. The highest BCUT2D eigenvalue weighted by molar-refractivity contribution is 5.76. The normalized spacial score (nSPS) is 15.3. The van der Waals surface area contributed by atoms with Gasteiger partial charge in [-0.2, -0.15) is 0 Å². The Kier molecular flexibility index (Phi) is 5.07. The number of nitrogens with two attached hydrogens (primary N) is 1. The van der Waals surface area contributed by atoms with Crippen LogP contribution >= 0.6 is 0 Å². The number of fused-ring (bicyclic) bond motifs is 1.